The van der Waals surface area contributed by atoms with Gasteiger partial charge in [0.25, 0.3) is 0 Å². The predicted octanol–water partition coefficient (Wildman–Crippen LogP) is 1.09. The Bertz CT molecular complexity index is 443. The van der Waals surface area contributed by atoms with Crippen LogP contribution in [0.5, 0.6) is 0 Å². The van der Waals surface area contributed by atoms with Crippen LogP contribution in [-0.2, 0) is 0 Å². The first-order valence-corrected chi connectivity index (χ1v) is 3.71. The highest BCUT2D eigenvalue weighted by molar-refractivity contribution is 6.33. The van der Waals surface area contributed by atoms with Crippen molar-refractivity contribution >= 4 is 28.3 Å². The molecule has 0 saturated carbocycles. The van der Waals surface area contributed by atoms with Gasteiger partial charge in [-0.2, -0.15) is 0 Å². The molecule has 4 nitrogen and oxygen atoms in total. The Morgan fingerprint density at radius 2 is 1.83 bits per heavy atom. The molecule has 0 aliphatic heterocycles. The summed E-state index contributed by atoms with van der Waals surface area (Å²) in [6.45, 7) is 0. The van der Waals surface area contributed by atoms with E-state index in [-0.39, 0.29) is 5.69 Å². The Morgan fingerprint density at radius 3 is 2.50 bits per heavy atom. The number of H-pyrrole nitrogens is 2. The minimum atomic E-state index is -0.258. The van der Waals surface area contributed by atoms with Gasteiger partial charge in [-0.1, -0.05) is 11.6 Å². The summed E-state index contributed by atoms with van der Waals surface area (Å²) in [6, 6.07) is 3.24. The van der Waals surface area contributed by atoms with Crippen molar-refractivity contribution in [2.24, 2.45) is 0 Å². The summed E-state index contributed by atoms with van der Waals surface area (Å²) in [6.07, 6.45) is 0. The number of aromatic amines is 2. The number of nitrogen functional groups attached to an aromatic ring is 1. The van der Waals surface area contributed by atoms with Gasteiger partial charge in [0.1, 0.15) is 0 Å². The van der Waals surface area contributed by atoms with Crippen LogP contribution in [0, 0.1) is 0 Å². The van der Waals surface area contributed by atoms with Gasteiger partial charge in [0.15, 0.2) is 0 Å². The highest BCUT2D eigenvalue weighted by Gasteiger charge is 2.01. The molecular formula is C7H6ClN3O. The van der Waals surface area contributed by atoms with E-state index < -0.39 is 0 Å². The number of hydrogen-bond donors (Lipinski definition) is 3. The van der Waals surface area contributed by atoms with Crippen LogP contribution in [-0.4, -0.2) is 9.97 Å². The molecule has 0 radical (unpaired) electrons. The Morgan fingerprint density at radius 1 is 1.25 bits per heavy atom. The molecule has 0 aliphatic carbocycles. The van der Waals surface area contributed by atoms with Gasteiger partial charge in [-0.3, -0.25) is 0 Å². The standard InChI is InChI=1S/C7H6ClN3O/c8-3-1-5-6(2-4(3)9)11-7(12)10-5/h1-2H,9H2,(H2,10,11,12). The van der Waals surface area contributed by atoms with E-state index in [1.165, 1.54) is 0 Å². The third-order valence-electron chi connectivity index (χ3n) is 1.63. The second-order valence-corrected chi connectivity index (χ2v) is 2.91. The van der Waals surface area contributed by atoms with Crippen molar-refractivity contribution in [2.75, 3.05) is 5.73 Å². The minimum Gasteiger partial charge on any atom is -0.397 e. The molecule has 0 atom stereocenters. The van der Waals surface area contributed by atoms with E-state index >= 15 is 0 Å². The number of anilines is 1. The summed E-state index contributed by atoms with van der Waals surface area (Å²) in [4.78, 5) is 16.0. The SMILES string of the molecule is Nc1cc2[nH]c(=O)[nH]c2cc1Cl. The molecule has 12 heavy (non-hydrogen) atoms. The van der Waals surface area contributed by atoms with E-state index in [0.717, 1.165) is 0 Å². The molecule has 1 heterocycles. The fourth-order valence-corrected chi connectivity index (χ4v) is 1.24. The van der Waals surface area contributed by atoms with Gasteiger partial charge in [-0.15, -0.1) is 0 Å². The van der Waals surface area contributed by atoms with E-state index in [1.54, 1.807) is 12.1 Å². The van der Waals surface area contributed by atoms with E-state index in [2.05, 4.69) is 9.97 Å². The molecular weight excluding hydrogens is 178 g/mol. The molecule has 0 amide bonds. The number of imidazole rings is 1. The lowest BCUT2D eigenvalue weighted by Crippen LogP contribution is -1.99. The normalized spacial score (nSPS) is 10.8. The number of hydrogen-bond acceptors (Lipinski definition) is 2. The van der Waals surface area contributed by atoms with Gasteiger partial charge >= 0.3 is 5.69 Å². The lowest BCUT2D eigenvalue weighted by molar-refractivity contribution is 1.22. The third kappa shape index (κ3) is 0.967. The lowest BCUT2D eigenvalue weighted by Gasteiger charge is -1.95. The second-order valence-electron chi connectivity index (χ2n) is 2.50. The number of rotatable bonds is 0. The zero-order chi connectivity index (χ0) is 8.72. The fourth-order valence-electron chi connectivity index (χ4n) is 1.07. The molecule has 0 unspecified atom stereocenters. The first kappa shape index (κ1) is 7.24. The van der Waals surface area contributed by atoms with Crippen LogP contribution in [0.3, 0.4) is 0 Å². The molecule has 0 fully saturated rings. The van der Waals surface area contributed by atoms with E-state index in [1.807, 2.05) is 0 Å². The topological polar surface area (TPSA) is 74.7 Å². The maximum atomic E-state index is 10.8. The highest BCUT2D eigenvalue weighted by Crippen LogP contribution is 2.22. The third-order valence-corrected chi connectivity index (χ3v) is 1.96. The Balaban J connectivity index is 2.92. The van der Waals surface area contributed by atoms with Crippen LogP contribution in [0.2, 0.25) is 5.02 Å². The number of nitrogens with one attached hydrogen (secondary N) is 2. The van der Waals surface area contributed by atoms with Crippen LogP contribution in [0.15, 0.2) is 16.9 Å². The zero-order valence-electron chi connectivity index (χ0n) is 6.02. The molecule has 0 spiro atoms. The van der Waals surface area contributed by atoms with Crippen molar-refractivity contribution in [2.45, 2.75) is 0 Å². The quantitative estimate of drug-likeness (QED) is 0.535. The number of aromatic nitrogens is 2. The van der Waals surface area contributed by atoms with Crippen molar-refractivity contribution in [3.05, 3.63) is 27.6 Å². The van der Waals surface area contributed by atoms with Crippen molar-refractivity contribution in [3.63, 3.8) is 0 Å². The largest absolute Gasteiger partial charge is 0.397 e. The number of halogens is 1. The molecule has 62 valence electrons. The van der Waals surface area contributed by atoms with Crippen LogP contribution >= 0.6 is 11.6 Å². The van der Waals surface area contributed by atoms with Crippen molar-refractivity contribution < 1.29 is 0 Å². The van der Waals surface area contributed by atoms with Gasteiger partial charge in [0.05, 0.1) is 21.7 Å². The summed E-state index contributed by atoms with van der Waals surface area (Å²) < 4.78 is 0. The van der Waals surface area contributed by atoms with Crippen LogP contribution in [0.1, 0.15) is 0 Å². The molecule has 5 heteroatoms. The first-order chi connectivity index (χ1) is 5.66. The van der Waals surface area contributed by atoms with Gasteiger partial charge in [0.2, 0.25) is 0 Å². The molecule has 0 saturated heterocycles. The maximum Gasteiger partial charge on any atom is 0.323 e. The fraction of sp³-hybridized carbons (Fsp3) is 0. The van der Waals surface area contributed by atoms with E-state index in [9.17, 15) is 4.79 Å². The predicted molar refractivity (Wildman–Crippen MR) is 48.3 cm³/mol. The smallest absolute Gasteiger partial charge is 0.323 e. The summed E-state index contributed by atoms with van der Waals surface area (Å²) in [7, 11) is 0. The van der Waals surface area contributed by atoms with Crippen molar-refractivity contribution in [1.29, 1.82) is 0 Å². The molecule has 1 aromatic carbocycles. The average Bonchev–Trinajstić information content (AvgIpc) is 2.30. The summed E-state index contributed by atoms with van der Waals surface area (Å²) >= 11 is 5.74. The maximum absolute atomic E-state index is 10.8. The van der Waals surface area contributed by atoms with Crippen molar-refractivity contribution in [3.8, 4) is 0 Å². The minimum absolute atomic E-state index is 0.258. The highest BCUT2D eigenvalue weighted by atomic mass is 35.5. The Hall–Kier alpha value is -1.42. The molecule has 2 aromatic rings. The summed E-state index contributed by atoms with van der Waals surface area (Å²) in [5.41, 5.74) is 7.06. The number of nitrogens with two attached hydrogens (primary N) is 1. The van der Waals surface area contributed by atoms with E-state index in [4.69, 9.17) is 17.3 Å². The zero-order valence-corrected chi connectivity index (χ0v) is 6.77. The van der Waals surface area contributed by atoms with Crippen LogP contribution in [0.25, 0.3) is 11.0 Å². The lowest BCUT2D eigenvalue weighted by atomic mass is 10.3. The number of fused-ring (bicyclic) bond motifs is 1. The molecule has 1 aromatic heterocycles. The van der Waals surface area contributed by atoms with Gasteiger partial charge in [-0.05, 0) is 12.1 Å². The summed E-state index contributed by atoms with van der Waals surface area (Å²) in [5, 5.41) is 0.442. The van der Waals surface area contributed by atoms with E-state index in [0.29, 0.717) is 21.7 Å². The molecule has 0 bridgehead atoms. The van der Waals surface area contributed by atoms with Gasteiger partial charge in [-0.25, -0.2) is 4.79 Å². The van der Waals surface area contributed by atoms with Gasteiger partial charge in [0, 0.05) is 0 Å². The molecule has 2 rings (SSSR count). The van der Waals surface area contributed by atoms with Crippen LogP contribution < -0.4 is 11.4 Å². The van der Waals surface area contributed by atoms with Gasteiger partial charge < -0.3 is 15.7 Å². The van der Waals surface area contributed by atoms with Crippen LogP contribution in [0.4, 0.5) is 5.69 Å². The molecule has 4 N–H and O–H groups in total. The Labute approximate surface area is 72.3 Å². The monoisotopic (exact) mass is 183 g/mol. The summed E-state index contributed by atoms with van der Waals surface area (Å²) in [5.74, 6) is 0. The number of benzene rings is 1. The average molecular weight is 184 g/mol. The molecule has 0 aliphatic rings. The Kier molecular flexibility index (Phi) is 1.38. The second kappa shape index (κ2) is 2.28. The van der Waals surface area contributed by atoms with Crippen molar-refractivity contribution in [1.82, 2.24) is 9.97 Å². The first-order valence-electron chi connectivity index (χ1n) is 3.34.